The fourth-order valence-corrected chi connectivity index (χ4v) is 3.98. The molecule has 0 radical (unpaired) electrons. The maximum Gasteiger partial charge on any atom is 0.191 e. The predicted octanol–water partition coefficient (Wildman–Crippen LogP) is 3.37. The lowest BCUT2D eigenvalue weighted by Crippen LogP contribution is -2.46. The molecule has 0 aliphatic carbocycles. The van der Waals surface area contributed by atoms with Gasteiger partial charge in [0.05, 0.1) is 0 Å². The van der Waals surface area contributed by atoms with Gasteiger partial charge in [-0.15, -0.1) is 24.0 Å². The van der Waals surface area contributed by atoms with E-state index in [1.54, 1.807) is 0 Å². The zero-order valence-electron chi connectivity index (χ0n) is 19.3. The topological polar surface area (TPSA) is 55.8 Å². The number of hydrogen-bond acceptors (Lipinski definition) is 4. The molecule has 2 N–H and O–H groups in total. The second-order valence-corrected chi connectivity index (χ2v) is 8.04. The first-order chi connectivity index (χ1) is 14.6. The van der Waals surface area contributed by atoms with Gasteiger partial charge in [-0.05, 0) is 50.1 Å². The molecule has 0 spiro atoms. The fourth-order valence-electron chi connectivity index (χ4n) is 3.98. The first-order valence-corrected chi connectivity index (χ1v) is 11.0. The quantitative estimate of drug-likeness (QED) is 0.323. The van der Waals surface area contributed by atoms with Gasteiger partial charge in [0.15, 0.2) is 5.96 Å². The molecule has 1 aromatic heterocycles. The largest absolute Gasteiger partial charge is 0.356 e. The number of halogens is 1. The summed E-state index contributed by atoms with van der Waals surface area (Å²) in [6, 6.07) is 11.0. The van der Waals surface area contributed by atoms with Crippen LogP contribution in [0.25, 0.3) is 0 Å². The van der Waals surface area contributed by atoms with Crippen molar-refractivity contribution in [3.8, 4) is 0 Å². The van der Waals surface area contributed by atoms with E-state index in [1.165, 1.54) is 22.3 Å². The van der Waals surface area contributed by atoms with Crippen molar-refractivity contribution in [2.45, 2.75) is 33.7 Å². The minimum atomic E-state index is 0. The average Bonchev–Trinajstić information content (AvgIpc) is 2.75. The van der Waals surface area contributed by atoms with Gasteiger partial charge in [0.1, 0.15) is 5.82 Å². The van der Waals surface area contributed by atoms with Crippen molar-refractivity contribution in [2.24, 2.45) is 4.99 Å². The van der Waals surface area contributed by atoms with Gasteiger partial charge in [0.25, 0.3) is 0 Å². The Balaban J connectivity index is 0.00000341. The van der Waals surface area contributed by atoms with Crippen LogP contribution in [0.2, 0.25) is 0 Å². The normalized spacial score (nSPS) is 14.8. The van der Waals surface area contributed by atoms with E-state index in [-0.39, 0.29) is 24.0 Å². The van der Waals surface area contributed by atoms with E-state index in [9.17, 15) is 0 Å². The van der Waals surface area contributed by atoms with Crippen molar-refractivity contribution in [2.75, 3.05) is 51.2 Å². The average molecular weight is 537 g/mol. The van der Waals surface area contributed by atoms with Crippen LogP contribution in [-0.4, -0.2) is 62.2 Å². The molecule has 1 aromatic carbocycles. The number of nitrogens with zero attached hydrogens (tertiary/aromatic N) is 4. The smallest absolute Gasteiger partial charge is 0.191 e. The lowest BCUT2D eigenvalue weighted by Gasteiger charge is -2.34. The Hall–Kier alpha value is -1.87. The van der Waals surface area contributed by atoms with Crippen LogP contribution in [0.1, 0.15) is 29.2 Å². The van der Waals surface area contributed by atoms with Gasteiger partial charge in [-0.1, -0.05) is 36.2 Å². The van der Waals surface area contributed by atoms with Crippen molar-refractivity contribution in [3.05, 3.63) is 58.8 Å². The Morgan fingerprint density at radius 2 is 1.71 bits per heavy atom. The first-order valence-electron chi connectivity index (χ1n) is 11.0. The van der Waals surface area contributed by atoms with E-state index in [4.69, 9.17) is 0 Å². The monoisotopic (exact) mass is 536 g/mol. The molecule has 6 nitrogen and oxygen atoms in total. The summed E-state index contributed by atoms with van der Waals surface area (Å²) in [4.78, 5) is 13.8. The van der Waals surface area contributed by atoms with Crippen LogP contribution in [0.4, 0.5) is 5.82 Å². The minimum Gasteiger partial charge on any atom is -0.356 e. The molecule has 0 saturated carbocycles. The van der Waals surface area contributed by atoms with Crippen LogP contribution in [0.15, 0.2) is 41.5 Å². The van der Waals surface area contributed by atoms with Gasteiger partial charge in [-0.25, -0.2) is 4.98 Å². The third-order valence-electron chi connectivity index (χ3n) is 5.62. The third kappa shape index (κ3) is 7.96. The van der Waals surface area contributed by atoms with Gasteiger partial charge < -0.3 is 20.4 Å². The Bertz CT molecular complexity index is 825. The summed E-state index contributed by atoms with van der Waals surface area (Å²) in [5, 5.41) is 6.85. The van der Waals surface area contributed by atoms with Gasteiger partial charge in [-0.3, -0.25) is 4.99 Å². The molecular weight excluding hydrogens is 499 g/mol. The van der Waals surface area contributed by atoms with Crippen molar-refractivity contribution < 1.29 is 0 Å². The van der Waals surface area contributed by atoms with Gasteiger partial charge >= 0.3 is 0 Å². The highest BCUT2D eigenvalue weighted by Crippen LogP contribution is 2.15. The number of likely N-dealkylation sites (N-methyl/N-ethyl adjacent to an activating group) is 1. The highest BCUT2D eigenvalue weighted by atomic mass is 127. The summed E-state index contributed by atoms with van der Waals surface area (Å²) >= 11 is 0. The summed E-state index contributed by atoms with van der Waals surface area (Å²) in [5.74, 6) is 1.90. The SMILES string of the molecule is CCN1CCN(c2cc(CNC(=NC)NCCc3cc(C)cc(C)c3)ccn2)CC1.I. The number of hydrogen-bond donors (Lipinski definition) is 2. The van der Waals surface area contributed by atoms with Crippen LogP contribution < -0.4 is 15.5 Å². The Morgan fingerprint density at radius 1 is 1.00 bits per heavy atom. The van der Waals surface area contributed by atoms with Gasteiger partial charge in [-0.2, -0.15) is 0 Å². The van der Waals surface area contributed by atoms with E-state index in [0.29, 0.717) is 0 Å². The molecule has 0 amide bonds. The number of pyridine rings is 1. The zero-order valence-corrected chi connectivity index (χ0v) is 21.6. The third-order valence-corrected chi connectivity index (χ3v) is 5.62. The standard InChI is InChI=1S/C24H36N6.HI/c1-5-29-10-12-30(13-11-29)23-17-22(7-8-26-23)18-28-24(25-4)27-9-6-21-15-19(2)14-20(3)16-21;/h7-8,14-17H,5-6,9-13,18H2,1-4H3,(H2,25,27,28);1H. The number of aromatic nitrogens is 1. The fraction of sp³-hybridized carbons (Fsp3) is 0.500. The molecule has 0 unspecified atom stereocenters. The number of aryl methyl sites for hydroxylation is 2. The van der Waals surface area contributed by atoms with E-state index < -0.39 is 0 Å². The molecular formula is C24H37IN6. The number of aliphatic imine (C=N–C) groups is 1. The summed E-state index contributed by atoms with van der Waals surface area (Å²) in [6.07, 6.45) is 2.89. The molecule has 2 aromatic rings. The van der Waals surface area contributed by atoms with E-state index >= 15 is 0 Å². The number of benzene rings is 1. The summed E-state index contributed by atoms with van der Waals surface area (Å²) < 4.78 is 0. The van der Waals surface area contributed by atoms with Gasteiger partial charge in [0, 0.05) is 52.5 Å². The second kappa shape index (κ2) is 12.9. The lowest BCUT2D eigenvalue weighted by molar-refractivity contribution is 0.270. The molecule has 0 atom stereocenters. The van der Waals surface area contributed by atoms with Gasteiger partial charge in [0.2, 0.25) is 0 Å². The molecule has 0 bridgehead atoms. The van der Waals surface area contributed by atoms with E-state index in [1.807, 2.05) is 13.2 Å². The summed E-state index contributed by atoms with van der Waals surface area (Å²) in [5.41, 5.74) is 5.21. The van der Waals surface area contributed by atoms with Crippen molar-refractivity contribution in [1.82, 2.24) is 20.5 Å². The first kappa shape index (κ1) is 25.4. The maximum atomic E-state index is 4.59. The molecule has 3 rings (SSSR count). The van der Waals surface area contributed by atoms with Crippen molar-refractivity contribution in [1.29, 1.82) is 0 Å². The van der Waals surface area contributed by atoms with Crippen LogP contribution >= 0.6 is 24.0 Å². The second-order valence-electron chi connectivity index (χ2n) is 8.04. The highest BCUT2D eigenvalue weighted by molar-refractivity contribution is 14.0. The van der Waals surface area contributed by atoms with Crippen LogP contribution in [0, 0.1) is 13.8 Å². The van der Waals surface area contributed by atoms with Crippen LogP contribution in [0.3, 0.4) is 0 Å². The molecule has 170 valence electrons. The molecule has 1 aliphatic heterocycles. The molecule has 7 heteroatoms. The molecule has 31 heavy (non-hydrogen) atoms. The predicted molar refractivity (Wildman–Crippen MR) is 142 cm³/mol. The number of piperazine rings is 1. The van der Waals surface area contributed by atoms with Crippen LogP contribution in [0.5, 0.6) is 0 Å². The number of rotatable bonds is 7. The van der Waals surface area contributed by atoms with Crippen molar-refractivity contribution >= 4 is 35.8 Å². The molecule has 2 heterocycles. The molecule has 1 saturated heterocycles. The number of nitrogens with one attached hydrogen (secondary N) is 2. The molecule has 1 aliphatic rings. The maximum absolute atomic E-state index is 4.59. The van der Waals surface area contributed by atoms with Crippen LogP contribution in [-0.2, 0) is 13.0 Å². The Labute approximate surface area is 204 Å². The highest BCUT2D eigenvalue weighted by Gasteiger charge is 2.16. The minimum absolute atomic E-state index is 0. The van der Waals surface area contributed by atoms with Crippen molar-refractivity contribution in [3.63, 3.8) is 0 Å². The Morgan fingerprint density at radius 3 is 2.35 bits per heavy atom. The lowest BCUT2D eigenvalue weighted by atomic mass is 10.1. The van der Waals surface area contributed by atoms with E-state index in [2.05, 4.69) is 81.5 Å². The zero-order chi connectivity index (χ0) is 21.3. The van der Waals surface area contributed by atoms with E-state index in [0.717, 1.165) is 64.0 Å². The number of anilines is 1. The summed E-state index contributed by atoms with van der Waals surface area (Å²) in [6.45, 7) is 13.5. The summed E-state index contributed by atoms with van der Waals surface area (Å²) in [7, 11) is 1.82. The number of guanidine groups is 1. The Kier molecular flexibility index (Phi) is 10.5. The molecule has 1 fully saturated rings.